The third-order valence-corrected chi connectivity index (χ3v) is 9.62. The van der Waals surface area contributed by atoms with E-state index in [9.17, 15) is 20.1 Å². The number of hydrogen-bond donors (Lipinski definition) is 3. The predicted octanol–water partition coefficient (Wildman–Crippen LogP) is 6.33. The molecule has 35 heavy (non-hydrogen) atoms. The molecule has 0 radical (unpaired) electrons. The van der Waals surface area contributed by atoms with Crippen molar-refractivity contribution in [3.05, 3.63) is 46.6 Å². The summed E-state index contributed by atoms with van der Waals surface area (Å²) in [4.78, 5) is 11.6. The highest BCUT2D eigenvalue weighted by molar-refractivity contribution is 5.74. The molecule has 4 heteroatoms. The molecule has 4 nitrogen and oxygen atoms in total. The van der Waals surface area contributed by atoms with Gasteiger partial charge in [-0.2, -0.15) is 0 Å². The molecule has 0 amide bonds. The van der Waals surface area contributed by atoms with Gasteiger partial charge < -0.3 is 15.3 Å². The van der Waals surface area contributed by atoms with Crippen molar-refractivity contribution in [2.75, 3.05) is 13.2 Å². The molecule has 2 aliphatic carbocycles. The molecule has 0 aromatic carbocycles. The zero-order valence-electron chi connectivity index (χ0n) is 23.2. The van der Waals surface area contributed by atoms with Crippen LogP contribution in [-0.4, -0.2) is 40.4 Å². The minimum absolute atomic E-state index is 0.0569. The number of allylic oxidation sites excluding steroid dienone is 8. The van der Waals surface area contributed by atoms with E-state index in [1.165, 1.54) is 11.1 Å². The Kier molecular flexibility index (Phi) is 10.3. The molecule has 0 aromatic heterocycles. The summed E-state index contributed by atoms with van der Waals surface area (Å²) >= 11 is 0. The SMILES string of the molecule is CC1=CC[C@H](C)C(C)(C)[C@@H]1/C=C/C(C)=C/CC[C@@]1(CO)[C@H](CCCO)/C(=C(\C)C=O)CC[C@]1(C)O. The van der Waals surface area contributed by atoms with Crippen molar-refractivity contribution in [2.45, 2.75) is 99.0 Å². The van der Waals surface area contributed by atoms with Gasteiger partial charge in [0.05, 0.1) is 12.2 Å². The van der Waals surface area contributed by atoms with Gasteiger partial charge >= 0.3 is 0 Å². The first kappa shape index (κ1) is 29.7. The summed E-state index contributed by atoms with van der Waals surface area (Å²) in [7, 11) is 0. The average molecular weight is 487 g/mol. The fraction of sp³-hybridized carbons (Fsp3) is 0.710. The summed E-state index contributed by atoms with van der Waals surface area (Å²) in [6.07, 6.45) is 14.9. The van der Waals surface area contributed by atoms with E-state index in [2.05, 4.69) is 58.9 Å². The molecular weight excluding hydrogens is 436 g/mol. The lowest BCUT2D eigenvalue weighted by Gasteiger charge is -2.54. The summed E-state index contributed by atoms with van der Waals surface area (Å²) in [5.74, 6) is 0.922. The summed E-state index contributed by atoms with van der Waals surface area (Å²) in [5.41, 5.74) is 2.77. The Labute approximate surface area is 213 Å². The minimum atomic E-state index is -1.05. The van der Waals surface area contributed by atoms with Gasteiger partial charge in [0, 0.05) is 17.9 Å². The number of aldehydes is 1. The molecule has 0 bridgehead atoms. The average Bonchev–Trinajstić information content (AvgIpc) is 2.80. The van der Waals surface area contributed by atoms with Crippen LogP contribution in [0, 0.1) is 28.6 Å². The summed E-state index contributed by atoms with van der Waals surface area (Å²) in [6.45, 7) is 15.0. The molecule has 0 heterocycles. The second kappa shape index (κ2) is 12.2. The van der Waals surface area contributed by atoms with Crippen molar-refractivity contribution in [3.8, 4) is 0 Å². The zero-order valence-corrected chi connectivity index (χ0v) is 23.2. The summed E-state index contributed by atoms with van der Waals surface area (Å²) in [6, 6.07) is 0. The van der Waals surface area contributed by atoms with Gasteiger partial charge in [0.25, 0.3) is 0 Å². The molecule has 0 aliphatic heterocycles. The van der Waals surface area contributed by atoms with E-state index in [-0.39, 0.29) is 24.5 Å². The van der Waals surface area contributed by atoms with Crippen molar-refractivity contribution in [1.29, 1.82) is 0 Å². The van der Waals surface area contributed by atoms with Crippen molar-refractivity contribution in [3.63, 3.8) is 0 Å². The van der Waals surface area contributed by atoms with Crippen LogP contribution >= 0.6 is 0 Å². The third kappa shape index (κ3) is 6.26. The molecule has 198 valence electrons. The highest BCUT2D eigenvalue weighted by Gasteiger charge is 2.55. The number of aliphatic hydroxyl groups excluding tert-OH is 2. The van der Waals surface area contributed by atoms with Gasteiger partial charge in [0.1, 0.15) is 6.29 Å². The molecular formula is C31H50O4. The first-order valence-corrected chi connectivity index (χ1v) is 13.5. The van der Waals surface area contributed by atoms with E-state index in [0.717, 1.165) is 24.7 Å². The molecule has 2 aliphatic rings. The molecule has 0 saturated heterocycles. The highest BCUT2D eigenvalue weighted by atomic mass is 16.3. The number of carbonyl (C=O) groups excluding carboxylic acids is 1. The Morgan fingerprint density at radius 1 is 1.20 bits per heavy atom. The minimum Gasteiger partial charge on any atom is -0.396 e. The van der Waals surface area contributed by atoms with Crippen LogP contribution in [0.5, 0.6) is 0 Å². The fourth-order valence-corrected chi connectivity index (χ4v) is 6.57. The van der Waals surface area contributed by atoms with E-state index in [4.69, 9.17) is 0 Å². The molecule has 0 aromatic rings. The molecule has 2 rings (SSSR count). The van der Waals surface area contributed by atoms with E-state index in [1.54, 1.807) is 0 Å². The molecule has 1 fully saturated rings. The van der Waals surface area contributed by atoms with Crippen LogP contribution in [-0.2, 0) is 4.79 Å². The summed E-state index contributed by atoms with van der Waals surface area (Å²) in [5, 5.41) is 31.7. The Morgan fingerprint density at radius 3 is 2.49 bits per heavy atom. The quantitative estimate of drug-likeness (QED) is 0.146. The van der Waals surface area contributed by atoms with Gasteiger partial charge in [-0.1, -0.05) is 61.8 Å². The molecule has 1 saturated carbocycles. The van der Waals surface area contributed by atoms with Crippen molar-refractivity contribution in [2.24, 2.45) is 28.6 Å². The van der Waals surface area contributed by atoms with E-state index >= 15 is 0 Å². The molecule has 5 atom stereocenters. The van der Waals surface area contributed by atoms with E-state index < -0.39 is 11.0 Å². The smallest absolute Gasteiger partial charge is 0.145 e. The topological polar surface area (TPSA) is 77.8 Å². The zero-order chi connectivity index (χ0) is 26.4. The van der Waals surface area contributed by atoms with Crippen LogP contribution in [0.15, 0.2) is 46.6 Å². The largest absolute Gasteiger partial charge is 0.396 e. The Bertz CT molecular complexity index is 857. The fourth-order valence-electron chi connectivity index (χ4n) is 6.57. The van der Waals surface area contributed by atoms with Crippen LogP contribution < -0.4 is 0 Å². The van der Waals surface area contributed by atoms with Crippen LogP contribution in [0.4, 0.5) is 0 Å². The monoisotopic (exact) mass is 486 g/mol. The molecule has 0 unspecified atom stereocenters. The maximum absolute atomic E-state index is 11.6. The normalized spacial score (nSPS) is 35.2. The van der Waals surface area contributed by atoms with E-state index in [1.807, 2.05) is 13.8 Å². The van der Waals surface area contributed by atoms with Gasteiger partial charge in [-0.15, -0.1) is 0 Å². The summed E-state index contributed by atoms with van der Waals surface area (Å²) < 4.78 is 0. The Morgan fingerprint density at radius 2 is 1.89 bits per heavy atom. The predicted molar refractivity (Wildman–Crippen MR) is 145 cm³/mol. The Balaban J connectivity index is 2.28. The van der Waals surface area contributed by atoms with Crippen LogP contribution in [0.2, 0.25) is 0 Å². The lowest BCUT2D eigenvalue weighted by Crippen LogP contribution is -2.56. The maximum Gasteiger partial charge on any atom is 0.145 e. The third-order valence-electron chi connectivity index (χ3n) is 9.62. The second-order valence-corrected chi connectivity index (χ2v) is 12.1. The van der Waals surface area contributed by atoms with Gasteiger partial charge in [-0.25, -0.2) is 0 Å². The first-order valence-electron chi connectivity index (χ1n) is 13.5. The number of carbonyl (C=O) groups is 1. The van der Waals surface area contributed by atoms with Gasteiger partial charge in [-0.3, -0.25) is 4.79 Å². The number of aliphatic hydroxyl groups is 3. The number of rotatable bonds is 10. The number of hydrogen-bond acceptors (Lipinski definition) is 4. The molecule has 3 N–H and O–H groups in total. The van der Waals surface area contributed by atoms with Crippen LogP contribution in [0.1, 0.15) is 93.4 Å². The lowest BCUT2D eigenvalue weighted by molar-refractivity contribution is -0.146. The van der Waals surface area contributed by atoms with Gasteiger partial charge in [0.2, 0.25) is 0 Å². The lowest BCUT2D eigenvalue weighted by atomic mass is 9.53. The maximum atomic E-state index is 11.6. The van der Waals surface area contributed by atoms with Crippen molar-refractivity contribution in [1.82, 2.24) is 0 Å². The van der Waals surface area contributed by atoms with Crippen LogP contribution in [0.3, 0.4) is 0 Å². The Hall–Kier alpha value is -1.49. The highest BCUT2D eigenvalue weighted by Crippen LogP contribution is 2.55. The molecule has 0 spiro atoms. The van der Waals surface area contributed by atoms with Gasteiger partial charge in [0.15, 0.2) is 0 Å². The van der Waals surface area contributed by atoms with Crippen molar-refractivity contribution >= 4 is 6.29 Å². The van der Waals surface area contributed by atoms with Gasteiger partial charge in [-0.05, 0) is 95.5 Å². The van der Waals surface area contributed by atoms with Crippen molar-refractivity contribution < 1.29 is 20.1 Å². The van der Waals surface area contributed by atoms with Crippen LogP contribution in [0.25, 0.3) is 0 Å². The van der Waals surface area contributed by atoms with E-state index in [0.29, 0.717) is 49.5 Å². The standard InChI is InChI=1S/C31H50O4/c1-22(12-15-27-23(2)13-14-25(4)29(27,5)6)10-8-17-31(21-34)28(11-9-19-32)26(24(3)20-33)16-18-30(31,7)35/h10,12-13,15,20,25,27-28,32,34-35H,8-9,11,14,16-19,21H2,1-7H3/b15-12+,22-10+,26-24+/t25-,27+,28+,30-,31+/m0/s1. The first-order chi connectivity index (χ1) is 16.4. The second-order valence-electron chi connectivity index (χ2n) is 12.1.